The molecule has 0 spiro atoms. The number of ether oxygens (including phenoxy) is 2. The van der Waals surface area contributed by atoms with E-state index in [1.54, 1.807) is 19.5 Å². The maximum atomic E-state index is 12.3. The maximum Gasteiger partial charge on any atom is 0.324 e. The molecule has 2 N–H and O–H groups in total. The Bertz CT molecular complexity index is 1240. The number of urea groups is 1. The van der Waals surface area contributed by atoms with E-state index in [9.17, 15) is 4.79 Å². The summed E-state index contributed by atoms with van der Waals surface area (Å²) in [5.74, 6) is 1.81. The van der Waals surface area contributed by atoms with Crippen LogP contribution in [0.15, 0.2) is 59.4 Å². The van der Waals surface area contributed by atoms with E-state index in [2.05, 4.69) is 20.8 Å². The molecule has 0 fully saturated rings. The number of nitrogens with zero attached hydrogens (tertiary/aromatic N) is 3. The second-order valence-electron chi connectivity index (χ2n) is 8.56. The van der Waals surface area contributed by atoms with Crippen molar-refractivity contribution in [2.75, 3.05) is 31.0 Å². The van der Waals surface area contributed by atoms with Gasteiger partial charge < -0.3 is 19.3 Å². The molecule has 0 radical (unpaired) electrons. The lowest BCUT2D eigenvalue weighted by Crippen LogP contribution is -2.19. The molecule has 0 saturated carbocycles. The van der Waals surface area contributed by atoms with E-state index in [-0.39, 0.29) is 5.41 Å². The normalized spacial score (nSPS) is 11.5. The average molecular weight is 450 g/mol. The molecule has 0 bridgehead atoms. The third-order valence-corrected chi connectivity index (χ3v) is 4.97. The van der Waals surface area contributed by atoms with Crippen LogP contribution < -0.4 is 15.4 Å². The molecule has 9 nitrogen and oxygen atoms in total. The Morgan fingerprint density at radius 1 is 1.06 bits per heavy atom. The van der Waals surface area contributed by atoms with Crippen molar-refractivity contribution in [2.45, 2.75) is 26.2 Å². The van der Waals surface area contributed by atoms with Gasteiger partial charge >= 0.3 is 6.03 Å². The molecule has 9 heteroatoms. The second kappa shape index (κ2) is 9.33. The third-order valence-electron chi connectivity index (χ3n) is 4.97. The minimum absolute atomic E-state index is 0.185. The number of amides is 2. The number of carbonyl (C=O) groups is 1. The number of hydrogen-bond donors (Lipinski definition) is 2. The quantitative estimate of drug-likeness (QED) is 0.386. The van der Waals surface area contributed by atoms with Crippen molar-refractivity contribution in [3.05, 3.63) is 60.6 Å². The lowest BCUT2D eigenvalue weighted by atomic mass is 9.93. The van der Waals surface area contributed by atoms with Gasteiger partial charge in [-0.05, 0) is 36.4 Å². The van der Waals surface area contributed by atoms with E-state index in [0.29, 0.717) is 30.5 Å². The van der Waals surface area contributed by atoms with Gasteiger partial charge in [-0.2, -0.15) is 0 Å². The van der Waals surface area contributed by atoms with Crippen LogP contribution in [0.3, 0.4) is 0 Å². The summed E-state index contributed by atoms with van der Waals surface area (Å²) < 4.78 is 17.9. The molecule has 4 aromatic rings. The number of rotatable bonds is 7. The van der Waals surface area contributed by atoms with Crippen molar-refractivity contribution in [1.29, 1.82) is 0 Å². The monoisotopic (exact) mass is 449 g/mol. The van der Waals surface area contributed by atoms with Crippen molar-refractivity contribution in [3.63, 3.8) is 0 Å². The molecule has 2 aromatic carbocycles. The highest BCUT2D eigenvalue weighted by atomic mass is 16.5. The Morgan fingerprint density at radius 3 is 2.55 bits per heavy atom. The molecule has 2 aromatic heterocycles. The van der Waals surface area contributed by atoms with Crippen LogP contribution in [-0.4, -0.2) is 41.1 Å². The number of anilines is 2. The first-order chi connectivity index (χ1) is 15.8. The van der Waals surface area contributed by atoms with Crippen LogP contribution in [0.2, 0.25) is 0 Å². The van der Waals surface area contributed by atoms with E-state index in [0.717, 1.165) is 22.5 Å². The number of imidazole rings is 1. The Labute approximate surface area is 191 Å². The fourth-order valence-electron chi connectivity index (χ4n) is 3.20. The zero-order valence-corrected chi connectivity index (χ0v) is 19.1. The van der Waals surface area contributed by atoms with E-state index in [1.165, 1.54) is 0 Å². The van der Waals surface area contributed by atoms with E-state index in [4.69, 9.17) is 14.0 Å². The molecule has 0 saturated heterocycles. The van der Waals surface area contributed by atoms with Gasteiger partial charge in [-0.1, -0.05) is 25.9 Å². The molecule has 0 aliphatic carbocycles. The van der Waals surface area contributed by atoms with Crippen molar-refractivity contribution < 1.29 is 18.8 Å². The SMILES string of the molecule is COCCOc1ccc2c(c1)ncn2-c1ccc(NC(=O)Nc2cc(C(C)(C)C)on2)cc1. The topological polar surface area (TPSA) is 103 Å². The number of aromatic nitrogens is 3. The molecule has 33 heavy (non-hydrogen) atoms. The van der Waals surface area contributed by atoms with Gasteiger partial charge in [0.25, 0.3) is 0 Å². The highest BCUT2D eigenvalue weighted by molar-refractivity contribution is 5.99. The Hall–Kier alpha value is -3.85. The number of methoxy groups -OCH3 is 1. The molecule has 4 rings (SSSR count). The van der Waals surface area contributed by atoms with Crippen LogP contribution in [0.5, 0.6) is 5.75 Å². The van der Waals surface area contributed by atoms with Crippen molar-refractivity contribution in [2.24, 2.45) is 0 Å². The van der Waals surface area contributed by atoms with Gasteiger partial charge in [-0.3, -0.25) is 9.88 Å². The molecule has 0 aliphatic rings. The van der Waals surface area contributed by atoms with Crippen LogP contribution >= 0.6 is 0 Å². The first kappa shape index (κ1) is 22.3. The van der Waals surface area contributed by atoms with Gasteiger partial charge in [0.2, 0.25) is 0 Å². The Morgan fingerprint density at radius 2 is 1.85 bits per heavy atom. The number of hydrogen-bond acceptors (Lipinski definition) is 6. The molecule has 172 valence electrons. The smallest absolute Gasteiger partial charge is 0.324 e. The fourth-order valence-corrected chi connectivity index (χ4v) is 3.20. The summed E-state index contributed by atoms with van der Waals surface area (Å²) in [5.41, 5.74) is 3.16. The fraction of sp³-hybridized carbons (Fsp3) is 0.292. The first-order valence-electron chi connectivity index (χ1n) is 10.6. The second-order valence-corrected chi connectivity index (χ2v) is 8.56. The number of nitrogens with one attached hydrogen (secondary N) is 2. The lowest BCUT2D eigenvalue weighted by molar-refractivity contribution is 0.146. The third kappa shape index (κ3) is 5.32. The number of fused-ring (bicyclic) bond motifs is 1. The highest BCUT2D eigenvalue weighted by Gasteiger charge is 2.20. The zero-order valence-electron chi connectivity index (χ0n) is 19.1. The van der Waals surface area contributed by atoms with E-state index in [1.807, 2.05) is 67.8 Å². The highest BCUT2D eigenvalue weighted by Crippen LogP contribution is 2.25. The number of carbonyl (C=O) groups excluding carboxylic acids is 1. The standard InChI is InChI=1S/C24H27N5O4/c1-24(2,3)21-14-22(28-33-21)27-23(30)26-16-5-7-17(8-6-16)29-15-25-19-13-18(9-10-20(19)29)32-12-11-31-4/h5-10,13-15H,11-12H2,1-4H3,(H2,26,27,28,30). The lowest BCUT2D eigenvalue weighted by Gasteiger charge is -2.12. The van der Waals surface area contributed by atoms with Gasteiger partial charge in [0.1, 0.15) is 24.4 Å². The van der Waals surface area contributed by atoms with Crippen molar-refractivity contribution in [1.82, 2.24) is 14.7 Å². The molecule has 2 amide bonds. The Balaban J connectivity index is 1.41. The maximum absolute atomic E-state index is 12.3. The summed E-state index contributed by atoms with van der Waals surface area (Å²) >= 11 is 0. The van der Waals surface area contributed by atoms with Gasteiger partial charge in [0, 0.05) is 36.0 Å². The van der Waals surface area contributed by atoms with Gasteiger partial charge in [0.05, 0.1) is 17.6 Å². The number of benzene rings is 2. The molecule has 2 heterocycles. The summed E-state index contributed by atoms with van der Waals surface area (Å²) in [7, 11) is 1.64. The zero-order chi connectivity index (χ0) is 23.4. The van der Waals surface area contributed by atoms with Crippen molar-refractivity contribution >= 4 is 28.6 Å². The molecular weight excluding hydrogens is 422 g/mol. The molecule has 0 atom stereocenters. The van der Waals surface area contributed by atoms with Gasteiger partial charge in [-0.15, -0.1) is 0 Å². The first-order valence-corrected chi connectivity index (χ1v) is 10.6. The largest absolute Gasteiger partial charge is 0.491 e. The van der Waals surface area contributed by atoms with E-state index < -0.39 is 6.03 Å². The Kier molecular flexibility index (Phi) is 6.32. The predicted molar refractivity (Wildman–Crippen MR) is 126 cm³/mol. The summed E-state index contributed by atoms with van der Waals surface area (Å²) in [5, 5.41) is 9.38. The van der Waals surface area contributed by atoms with Crippen LogP contribution in [0, 0.1) is 0 Å². The van der Waals surface area contributed by atoms with Crippen LogP contribution in [0.25, 0.3) is 16.7 Å². The summed E-state index contributed by atoms with van der Waals surface area (Å²) in [4.78, 5) is 16.8. The van der Waals surface area contributed by atoms with Crippen LogP contribution in [0.4, 0.5) is 16.3 Å². The van der Waals surface area contributed by atoms with Crippen LogP contribution in [-0.2, 0) is 10.2 Å². The summed E-state index contributed by atoms with van der Waals surface area (Å²) in [6, 6.07) is 14.6. The molecule has 0 aliphatic heterocycles. The molecular formula is C24H27N5O4. The van der Waals surface area contributed by atoms with E-state index >= 15 is 0 Å². The summed E-state index contributed by atoms with van der Waals surface area (Å²) in [6.45, 7) is 7.05. The van der Waals surface area contributed by atoms with Crippen LogP contribution in [0.1, 0.15) is 26.5 Å². The van der Waals surface area contributed by atoms with Gasteiger partial charge in [-0.25, -0.2) is 9.78 Å². The minimum atomic E-state index is -0.398. The average Bonchev–Trinajstić information content (AvgIpc) is 3.41. The van der Waals surface area contributed by atoms with Crippen molar-refractivity contribution in [3.8, 4) is 11.4 Å². The summed E-state index contributed by atoms with van der Waals surface area (Å²) in [6.07, 6.45) is 1.76. The minimum Gasteiger partial charge on any atom is -0.491 e. The molecule has 0 unspecified atom stereocenters. The van der Waals surface area contributed by atoms with Gasteiger partial charge in [0.15, 0.2) is 5.82 Å². The predicted octanol–water partition coefficient (Wildman–Crippen LogP) is 4.98.